The molecule has 1 rings (SSSR count). The molecule has 0 aliphatic heterocycles. The predicted octanol–water partition coefficient (Wildman–Crippen LogP) is 3.44. The number of carbonyl (C=O) groups is 1. The van der Waals surface area contributed by atoms with Gasteiger partial charge in [0.2, 0.25) is 0 Å². The van der Waals surface area contributed by atoms with Gasteiger partial charge in [-0.15, -0.1) is 0 Å². The molecule has 1 atom stereocenters. The fraction of sp³-hybridized carbons (Fsp3) is 0.222. The summed E-state index contributed by atoms with van der Waals surface area (Å²) >= 11 is 0. The van der Waals surface area contributed by atoms with E-state index in [1.54, 1.807) is 0 Å². The number of nitrogens with two attached hydrogens (primary N) is 1. The first-order chi connectivity index (χ1) is 8.20. The number of benzene rings is 1. The van der Waals surface area contributed by atoms with E-state index in [9.17, 15) is 28.6 Å². The molecule has 0 amide bonds. The first kappa shape index (κ1) is 15.6. The monoisotopic (exact) mass is 309 g/mol. The van der Waals surface area contributed by atoms with Crippen molar-refractivity contribution in [3.05, 3.63) is 29.6 Å². The Hall–Kier alpha value is -1.42. The Morgan fingerprint density at radius 3 is 2.16 bits per heavy atom. The summed E-state index contributed by atoms with van der Waals surface area (Å²) in [4.78, 5) is 8.03. The van der Waals surface area contributed by atoms with Crippen molar-refractivity contribution in [2.24, 2.45) is 5.73 Å². The number of halogens is 6. The van der Waals surface area contributed by atoms with Gasteiger partial charge in [-0.05, 0) is 17.7 Å². The highest BCUT2D eigenvalue weighted by Crippen LogP contribution is 3.02. The lowest BCUT2D eigenvalue weighted by Gasteiger charge is -2.40. The molecule has 19 heavy (non-hydrogen) atoms. The molecule has 0 heterocycles. The molecular weight excluding hydrogens is 300 g/mol. The molecule has 3 nitrogen and oxygen atoms in total. The number of hydrogen-bond donors (Lipinski definition) is 2. The first-order valence-electron chi connectivity index (χ1n) is 4.71. The second-order valence-electron chi connectivity index (χ2n) is 3.87. The Bertz CT molecular complexity index is 529. The van der Waals surface area contributed by atoms with E-state index >= 15 is 0 Å². The minimum atomic E-state index is -9.94. The lowest BCUT2D eigenvalue weighted by atomic mass is 10.1. The highest BCUT2D eigenvalue weighted by Gasteiger charge is 2.65. The van der Waals surface area contributed by atoms with Crippen LogP contribution in [-0.2, 0) is 11.2 Å². The Morgan fingerprint density at radius 1 is 1.26 bits per heavy atom. The number of carboxylic acid groups (broad SMARTS) is 1. The third-order valence-corrected chi connectivity index (χ3v) is 3.37. The van der Waals surface area contributed by atoms with Gasteiger partial charge in [0.05, 0.1) is 0 Å². The van der Waals surface area contributed by atoms with Crippen LogP contribution in [0.25, 0.3) is 0 Å². The van der Waals surface area contributed by atoms with E-state index in [4.69, 9.17) is 10.8 Å². The quantitative estimate of drug-likeness (QED) is 0.838. The maximum absolute atomic E-state index is 13.3. The van der Waals surface area contributed by atoms with Crippen molar-refractivity contribution in [2.45, 2.75) is 17.4 Å². The second-order valence-corrected chi connectivity index (χ2v) is 6.28. The van der Waals surface area contributed by atoms with Gasteiger partial charge >= 0.3 is 16.2 Å². The fourth-order valence-electron chi connectivity index (χ4n) is 1.26. The minimum absolute atomic E-state index is 0.00847. The van der Waals surface area contributed by atoms with Crippen LogP contribution in [0.1, 0.15) is 5.56 Å². The molecule has 0 fully saturated rings. The Labute approximate surface area is 103 Å². The zero-order valence-electron chi connectivity index (χ0n) is 9.13. The summed E-state index contributed by atoms with van der Waals surface area (Å²) < 4.78 is 75.1. The zero-order valence-corrected chi connectivity index (χ0v) is 9.94. The summed E-state index contributed by atoms with van der Waals surface area (Å²) in [6.07, 6.45) is -0.609. The van der Waals surface area contributed by atoms with Crippen LogP contribution < -0.4 is 5.73 Å². The molecule has 0 aromatic heterocycles. The number of aliphatic carboxylic acids is 1. The summed E-state index contributed by atoms with van der Waals surface area (Å²) in [7, 11) is -9.94. The molecule has 3 N–H and O–H groups in total. The molecule has 10 heteroatoms. The molecule has 1 aromatic rings. The van der Waals surface area contributed by atoms with E-state index in [1.807, 2.05) is 0 Å². The van der Waals surface area contributed by atoms with Crippen molar-refractivity contribution >= 4 is 16.2 Å². The summed E-state index contributed by atoms with van der Waals surface area (Å²) in [6, 6.07) is -1.44. The molecular formula is C9H9F6NO2S. The normalized spacial score (nSPS) is 17.4. The Balaban J connectivity index is 3.17. The summed E-state index contributed by atoms with van der Waals surface area (Å²) in [5, 5.41) is 8.46. The van der Waals surface area contributed by atoms with Crippen molar-refractivity contribution in [3.63, 3.8) is 0 Å². The second kappa shape index (κ2) is 3.79. The van der Waals surface area contributed by atoms with Crippen LogP contribution in [0.5, 0.6) is 0 Å². The molecule has 0 saturated carbocycles. The average molecular weight is 309 g/mol. The Morgan fingerprint density at radius 2 is 1.79 bits per heavy atom. The van der Waals surface area contributed by atoms with Gasteiger partial charge in [-0.1, -0.05) is 25.5 Å². The van der Waals surface area contributed by atoms with Crippen molar-refractivity contribution in [1.29, 1.82) is 0 Å². The SMILES string of the molecule is N[C@H](Cc1ccc(S(F)(F)(F)(F)F)cc1F)C(=O)O. The number of carboxylic acids is 1. The molecule has 0 radical (unpaired) electrons. The third-order valence-electron chi connectivity index (χ3n) is 2.23. The third kappa shape index (κ3) is 4.03. The van der Waals surface area contributed by atoms with Gasteiger partial charge < -0.3 is 10.8 Å². The molecule has 0 saturated heterocycles. The van der Waals surface area contributed by atoms with Crippen molar-refractivity contribution in [1.82, 2.24) is 0 Å². The Kier molecular flexibility index (Phi) is 3.12. The first-order valence-corrected chi connectivity index (χ1v) is 6.67. The molecule has 110 valence electrons. The van der Waals surface area contributed by atoms with Gasteiger partial charge in [-0.3, -0.25) is 4.79 Å². The highest BCUT2D eigenvalue weighted by atomic mass is 32.5. The number of hydrogen-bond acceptors (Lipinski definition) is 2. The van der Waals surface area contributed by atoms with Crippen LogP contribution in [0.4, 0.5) is 23.8 Å². The molecule has 0 aliphatic rings. The van der Waals surface area contributed by atoms with E-state index in [-0.39, 0.29) is 12.1 Å². The van der Waals surface area contributed by atoms with Gasteiger partial charge in [0.15, 0.2) is 0 Å². The summed E-state index contributed by atoms with van der Waals surface area (Å²) in [5.74, 6) is -3.07. The largest absolute Gasteiger partial charge is 0.480 e. The molecule has 0 aliphatic carbocycles. The lowest BCUT2D eigenvalue weighted by molar-refractivity contribution is -0.138. The number of rotatable bonds is 4. The highest BCUT2D eigenvalue weighted by molar-refractivity contribution is 8.45. The van der Waals surface area contributed by atoms with Gasteiger partial charge in [0, 0.05) is 6.42 Å². The predicted molar refractivity (Wildman–Crippen MR) is 57.1 cm³/mol. The van der Waals surface area contributed by atoms with E-state index < -0.39 is 44.9 Å². The summed E-state index contributed by atoms with van der Waals surface area (Å²) in [5.41, 5.74) is 4.58. The average Bonchev–Trinajstić information content (AvgIpc) is 2.16. The maximum Gasteiger partial charge on any atom is 0.320 e. The standard InChI is InChI=1S/C9H9F6NO2S/c10-7-4-6(19(11,12,13,14)15)2-1-5(7)3-8(16)9(17)18/h1-2,4,8H,3,16H2,(H,17,18)/t8-/m1/s1. The van der Waals surface area contributed by atoms with Gasteiger partial charge in [0.25, 0.3) is 0 Å². The molecule has 0 unspecified atom stereocenters. The van der Waals surface area contributed by atoms with Crippen molar-refractivity contribution < 1.29 is 33.7 Å². The topological polar surface area (TPSA) is 63.3 Å². The van der Waals surface area contributed by atoms with E-state index in [2.05, 4.69) is 0 Å². The molecule has 0 bridgehead atoms. The van der Waals surface area contributed by atoms with Crippen LogP contribution in [0.3, 0.4) is 0 Å². The minimum Gasteiger partial charge on any atom is -0.480 e. The maximum atomic E-state index is 13.3. The van der Waals surface area contributed by atoms with Crippen LogP contribution in [-0.4, -0.2) is 17.1 Å². The van der Waals surface area contributed by atoms with Gasteiger partial charge in [-0.25, -0.2) is 4.39 Å². The van der Waals surface area contributed by atoms with Crippen LogP contribution in [0.15, 0.2) is 23.1 Å². The van der Waals surface area contributed by atoms with E-state index in [0.717, 1.165) is 0 Å². The van der Waals surface area contributed by atoms with Gasteiger partial charge in [0.1, 0.15) is 16.8 Å². The fourth-order valence-corrected chi connectivity index (χ4v) is 1.91. The van der Waals surface area contributed by atoms with Gasteiger partial charge in [-0.2, -0.15) is 0 Å². The van der Waals surface area contributed by atoms with Crippen molar-refractivity contribution in [3.8, 4) is 0 Å². The lowest BCUT2D eigenvalue weighted by Crippen LogP contribution is -2.32. The van der Waals surface area contributed by atoms with Crippen LogP contribution in [0.2, 0.25) is 0 Å². The van der Waals surface area contributed by atoms with E-state index in [1.165, 1.54) is 0 Å². The smallest absolute Gasteiger partial charge is 0.320 e. The molecule has 0 spiro atoms. The molecule has 1 aromatic carbocycles. The van der Waals surface area contributed by atoms with Crippen molar-refractivity contribution in [2.75, 3.05) is 0 Å². The van der Waals surface area contributed by atoms with E-state index in [0.29, 0.717) is 6.07 Å². The summed E-state index contributed by atoms with van der Waals surface area (Å²) in [6.45, 7) is 0. The van der Waals surface area contributed by atoms with Crippen LogP contribution in [0, 0.1) is 5.82 Å². The zero-order chi connectivity index (χ0) is 15.1. The van der Waals surface area contributed by atoms with Crippen LogP contribution >= 0.6 is 10.2 Å².